The Morgan fingerprint density at radius 2 is 2.00 bits per heavy atom. The molecule has 1 aliphatic rings. The Morgan fingerprint density at radius 3 is 2.67 bits per heavy atom. The molecule has 1 fully saturated rings. The highest BCUT2D eigenvalue weighted by atomic mass is 16.5. The van der Waals surface area contributed by atoms with E-state index in [2.05, 4.69) is 4.74 Å². The summed E-state index contributed by atoms with van der Waals surface area (Å²) < 4.78 is 15.5. The Morgan fingerprint density at radius 1 is 1.29 bits per heavy atom. The van der Waals surface area contributed by atoms with Gasteiger partial charge in [0, 0.05) is 13.0 Å². The zero-order chi connectivity index (χ0) is 15.2. The average Bonchev–Trinajstić information content (AvgIpc) is 2.88. The summed E-state index contributed by atoms with van der Waals surface area (Å²) in [7, 11) is 2.91. The Hall–Kier alpha value is -2.24. The summed E-state index contributed by atoms with van der Waals surface area (Å²) in [5.41, 5.74) is 0. The molecule has 21 heavy (non-hydrogen) atoms. The molecule has 114 valence electrons. The van der Waals surface area contributed by atoms with Gasteiger partial charge in [0.2, 0.25) is 5.91 Å². The second-order valence-electron chi connectivity index (χ2n) is 4.76. The number of carbonyl (C=O) groups excluding carboxylic acids is 2. The zero-order valence-corrected chi connectivity index (χ0v) is 12.2. The number of esters is 1. The zero-order valence-electron chi connectivity index (χ0n) is 12.2. The minimum atomic E-state index is -0.367. The van der Waals surface area contributed by atoms with Crippen LogP contribution in [0.3, 0.4) is 0 Å². The van der Waals surface area contributed by atoms with E-state index in [9.17, 15) is 9.59 Å². The molecule has 0 spiro atoms. The van der Waals surface area contributed by atoms with Gasteiger partial charge in [-0.2, -0.15) is 0 Å². The molecule has 1 aromatic carbocycles. The second-order valence-corrected chi connectivity index (χ2v) is 4.76. The molecule has 2 rings (SSSR count). The van der Waals surface area contributed by atoms with Crippen molar-refractivity contribution < 1.29 is 23.8 Å². The van der Waals surface area contributed by atoms with Gasteiger partial charge < -0.3 is 19.1 Å². The molecule has 1 atom stereocenters. The third kappa shape index (κ3) is 3.65. The summed E-state index contributed by atoms with van der Waals surface area (Å²) in [6.07, 6.45) is 0.210. The monoisotopic (exact) mass is 293 g/mol. The predicted molar refractivity (Wildman–Crippen MR) is 75.2 cm³/mol. The van der Waals surface area contributed by atoms with Gasteiger partial charge in [-0.1, -0.05) is 12.1 Å². The molecule has 1 heterocycles. The van der Waals surface area contributed by atoms with Crippen molar-refractivity contribution in [2.45, 2.75) is 6.42 Å². The number of para-hydroxylation sites is 2. The number of benzene rings is 1. The van der Waals surface area contributed by atoms with Gasteiger partial charge in [-0.25, -0.2) is 0 Å². The highest BCUT2D eigenvalue weighted by Crippen LogP contribution is 2.26. The summed E-state index contributed by atoms with van der Waals surface area (Å²) in [6, 6.07) is 7.33. The van der Waals surface area contributed by atoms with Gasteiger partial charge in [-0.3, -0.25) is 9.59 Å². The van der Waals surface area contributed by atoms with Crippen LogP contribution in [0.15, 0.2) is 24.3 Å². The fourth-order valence-electron chi connectivity index (χ4n) is 2.32. The van der Waals surface area contributed by atoms with Crippen molar-refractivity contribution in [3.8, 4) is 11.5 Å². The summed E-state index contributed by atoms with van der Waals surface area (Å²) >= 11 is 0. The smallest absolute Gasteiger partial charge is 0.310 e. The van der Waals surface area contributed by atoms with E-state index in [0.29, 0.717) is 31.2 Å². The van der Waals surface area contributed by atoms with Crippen LogP contribution in [0, 0.1) is 5.92 Å². The molecule has 0 radical (unpaired) electrons. The van der Waals surface area contributed by atoms with Crippen molar-refractivity contribution in [3.63, 3.8) is 0 Å². The molecule has 0 N–H and O–H groups in total. The van der Waals surface area contributed by atoms with E-state index in [-0.39, 0.29) is 24.2 Å². The largest absolute Gasteiger partial charge is 0.493 e. The van der Waals surface area contributed by atoms with Gasteiger partial charge >= 0.3 is 5.97 Å². The van der Waals surface area contributed by atoms with E-state index < -0.39 is 0 Å². The molecular weight excluding hydrogens is 274 g/mol. The van der Waals surface area contributed by atoms with Gasteiger partial charge in [-0.05, 0) is 12.1 Å². The number of rotatable bonds is 6. The SMILES string of the molecule is COC(=O)C1CC(=O)N(CCOc2ccccc2OC)C1. The third-order valence-corrected chi connectivity index (χ3v) is 3.44. The Bertz CT molecular complexity index is 517. The van der Waals surface area contributed by atoms with E-state index >= 15 is 0 Å². The van der Waals surface area contributed by atoms with Crippen LogP contribution in [0.1, 0.15) is 6.42 Å². The molecule has 6 nitrogen and oxygen atoms in total. The number of ether oxygens (including phenoxy) is 3. The van der Waals surface area contributed by atoms with Crippen LogP contribution < -0.4 is 9.47 Å². The molecule has 6 heteroatoms. The van der Waals surface area contributed by atoms with Crippen molar-refractivity contribution in [1.82, 2.24) is 4.90 Å². The lowest BCUT2D eigenvalue weighted by Crippen LogP contribution is -2.30. The number of hydrogen-bond acceptors (Lipinski definition) is 5. The summed E-state index contributed by atoms with van der Waals surface area (Å²) in [6.45, 7) is 1.17. The van der Waals surface area contributed by atoms with Crippen LogP contribution in [-0.2, 0) is 14.3 Å². The van der Waals surface area contributed by atoms with Crippen LogP contribution in [0.5, 0.6) is 11.5 Å². The first-order valence-corrected chi connectivity index (χ1v) is 6.77. The lowest BCUT2D eigenvalue weighted by atomic mass is 10.1. The molecule has 1 amide bonds. The van der Waals surface area contributed by atoms with Gasteiger partial charge in [0.25, 0.3) is 0 Å². The summed E-state index contributed by atoms with van der Waals surface area (Å²) in [5, 5.41) is 0. The van der Waals surface area contributed by atoms with E-state index in [4.69, 9.17) is 9.47 Å². The fourth-order valence-corrected chi connectivity index (χ4v) is 2.32. The maximum atomic E-state index is 11.8. The van der Waals surface area contributed by atoms with Gasteiger partial charge in [0.15, 0.2) is 11.5 Å². The number of nitrogens with zero attached hydrogens (tertiary/aromatic N) is 1. The van der Waals surface area contributed by atoms with Crippen LogP contribution in [0.4, 0.5) is 0 Å². The Kier molecular flexibility index (Phi) is 5.03. The average molecular weight is 293 g/mol. The van der Waals surface area contributed by atoms with Crippen molar-refractivity contribution in [3.05, 3.63) is 24.3 Å². The van der Waals surface area contributed by atoms with Crippen LogP contribution in [-0.4, -0.2) is 50.7 Å². The van der Waals surface area contributed by atoms with Gasteiger partial charge in [0.05, 0.1) is 26.7 Å². The normalized spacial score (nSPS) is 17.7. The first-order valence-electron chi connectivity index (χ1n) is 6.77. The molecule has 1 saturated heterocycles. The maximum absolute atomic E-state index is 11.8. The lowest BCUT2D eigenvalue weighted by Gasteiger charge is -2.17. The molecular formula is C15H19NO5. The van der Waals surface area contributed by atoms with E-state index in [1.54, 1.807) is 12.0 Å². The quantitative estimate of drug-likeness (QED) is 0.735. The molecule has 1 unspecified atom stereocenters. The van der Waals surface area contributed by atoms with E-state index in [1.807, 2.05) is 24.3 Å². The number of hydrogen-bond donors (Lipinski definition) is 0. The first-order chi connectivity index (χ1) is 10.2. The summed E-state index contributed by atoms with van der Waals surface area (Å²) in [4.78, 5) is 24.9. The minimum absolute atomic E-state index is 0.0472. The Labute approximate surface area is 123 Å². The van der Waals surface area contributed by atoms with E-state index in [1.165, 1.54) is 7.11 Å². The molecule has 0 aliphatic carbocycles. The number of amides is 1. The lowest BCUT2D eigenvalue weighted by molar-refractivity contribution is -0.145. The highest BCUT2D eigenvalue weighted by molar-refractivity contribution is 5.86. The third-order valence-electron chi connectivity index (χ3n) is 3.44. The first kappa shape index (κ1) is 15.2. The standard InChI is InChI=1S/C15H19NO5/c1-19-12-5-3-4-6-13(12)21-8-7-16-10-11(9-14(16)17)15(18)20-2/h3-6,11H,7-10H2,1-2H3. The second kappa shape index (κ2) is 6.97. The van der Waals surface area contributed by atoms with Crippen molar-refractivity contribution in [1.29, 1.82) is 0 Å². The van der Waals surface area contributed by atoms with Crippen LogP contribution in [0.25, 0.3) is 0 Å². The highest BCUT2D eigenvalue weighted by Gasteiger charge is 2.34. The number of likely N-dealkylation sites (tertiary alicyclic amines) is 1. The topological polar surface area (TPSA) is 65.1 Å². The van der Waals surface area contributed by atoms with Crippen molar-refractivity contribution in [2.75, 3.05) is 33.9 Å². The van der Waals surface area contributed by atoms with Crippen molar-refractivity contribution >= 4 is 11.9 Å². The maximum Gasteiger partial charge on any atom is 0.310 e. The van der Waals surface area contributed by atoms with Gasteiger partial charge in [-0.15, -0.1) is 0 Å². The molecule has 1 aliphatic heterocycles. The number of methoxy groups -OCH3 is 2. The Balaban J connectivity index is 1.84. The van der Waals surface area contributed by atoms with E-state index in [0.717, 1.165) is 0 Å². The van der Waals surface area contributed by atoms with Crippen LogP contribution in [0.2, 0.25) is 0 Å². The molecule has 1 aromatic rings. The summed E-state index contributed by atoms with van der Waals surface area (Å²) in [5.74, 6) is 0.535. The predicted octanol–water partition coefficient (Wildman–Crippen LogP) is 1.10. The fraction of sp³-hybridized carbons (Fsp3) is 0.467. The van der Waals surface area contributed by atoms with Crippen molar-refractivity contribution in [2.24, 2.45) is 5.92 Å². The molecule has 0 bridgehead atoms. The molecule has 0 saturated carbocycles. The minimum Gasteiger partial charge on any atom is -0.493 e. The number of carbonyl (C=O) groups is 2. The van der Waals surface area contributed by atoms with Crippen LogP contribution >= 0.6 is 0 Å². The molecule has 0 aromatic heterocycles. The van der Waals surface area contributed by atoms with Gasteiger partial charge in [0.1, 0.15) is 6.61 Å².